The molecule has 0 atom stereocenters. The molecule has 2 rings (SSSR count). The smallest absolute Gasteiger partial charge is 0.416 e. The van der Waals surface area contributed by atoms with E-state index >= 15 is 0 Å². The molecule has 2 aromatic rings. The van der Waals surface area contributed by atoms with E-state index in [0.29, 0.717) is 0 Å². The first-order chi connectivity index (χ1) is 13.1. The minimum absolute atomic E-state index is 0.0324. The van der Waals surface area contributed by atoms with Gasteiger partial charge in [-0.3, -0.25) is 19.7 Å². The standard InChI is InChI=1S/C17H12F4N2O5/c18-13-5-4-12(23(26)27)8-14(13)22-15(24)9-28-16(25)7-10-2-1-3-11(6-10)17(19,20)21/h1-6,8H,7,9H2,(H,22,24). The van der Waals surface area contributed by atoms with Gasteiger partial charge in [-0.05, 0) is 17.7 Å². The van der Waals surface area contributed by atoms with Crippen LogP contribution in [-0.2, 0) is 26.9 Å². The first-order valence-corrected chi connectivity index (χ1v) is 7.62. The van der Waals surface area contributed by atoms with Gasteiger partial charge in [-0.2, -0.15) is 13.2 Å². The number of esters is 1. The predicted octanol–water partition coefficient (Wildman–Crippen LogP) is 3.48. The Labute approximate surface area is 155 Å². The minimum Gasteiger partial charge on any atom is -0.455 e. The molecule has 0 heterocycles. The van der Waals surface area contributed by atoms with Crippen LogP contribution in [0.5, 0.6) is 0 Å². The summed E-state index contributed by atoms with van der Waals surface area (Å²) in [7, 11) is 0. The van der Waals surface area contributed by atoms with Crippen molar-refractivity contribution in [2.24, 2.45) is 0 Å². The second-order valence-electron chi connectivity index (χ2n) is 5.51. The number of carbonyl (C=O) groups excluding carboxylic acids is 2. The molecule has 0 aliphatic heterocycles. The van der Waals surface area contributed by atoms with Gasteiger partial charge in [0.05, 0.1) is 22.6 Å². The van der Waals surface area contributed by atoms with Gasteiger partial charge in [-0.15, -0.1) is 0 Å². The summed E-state index contributed by atoms with van der Waals surface area (Å²) in [6.07, 6.45) is -5.08. The van der Waals surface area contributed by atoms with Crippen LogP contribution < -0.4 is 5.32 Å². The summed E-state index contributed by atoms with van der Waals surface area (Å²) < 4.78 is 56.1. The second kappa shape index (κ2) is 8.46. The molecule has 0 spiro atoms. The van der Waals surface area contributed by atoms with Crippen molar-refractivity contribution >= 4 is 23.3 Å². The summed E-state index contributed by atoms with van der Waals surface area (Å²) in [5, 5.41) is 12.7. The zero-order valence-electron chi connectivity index (χ0n) is 14.0. The second-order valence-corrected chi connectivity index (χ2v) is 5.51. The Hall–Kier alpha value is -3.50. The van der Waals surface area contributed by atoms with Crippen LogP contribution in [0.1, 0.15) is 11.1 Å². The van der Waals surface area contributed by atoms with Gasteiger partial charge >= 0.3 is 12.1 Å². The van der Waals surface area contributed by atoms with Gasteiger partial charge in [-0.1, -0.05) is 18.2 Å². The number of non-ortho nitro benzene ring substituents is 1. The molecule has 0 aliphatic rings. The third-order valence-corrected chi connectivity index (χ3v) is 3.40. The van der Waals surface area contributed by atoms with Crippen molar-refractivity contribution in [2.75, 3.05) is 11.9 Å². The third-order valence-electron chi connectivity index (χ3n) is 3.40. The molecule has 0 bridgehead atoms. The quantitative estimate of drug-likeness (QED) is 0.347. The average Bonchev–Trinajstić information content (AvgIpc) is 2.61. The molecule has 0 fully saturated rings. The molecule has 2 aromatic carbocycles. The molecular weight excluding hydrogens is 388 g/mol. The topological polar surface area (TPSA) is 98.5 Å². The summed E-state index contributed by atoms with van der Waals surface area (Å²) in [6.45, 7) is -0.847. The first-order valence-electron chi connectivity index (χ1n) is 7.62. The van der Waals surface area contributed by atoms with E-state index in [9.17, 15) is 37.3 Å². The van der Waals surface area contributed by atoms with Crippen LogP contribution in [0, 0.1) is 15.9 Å². The lowest BCUT2D eigenvalue weighted by Crippen LogP contribution is -2.22. The Balaban J connectivity index is 1.92. The predicted molar refractivity (Wildman–Crippen MR) is 87.8 cm³/mol. The highest BCUT2D eigenvalue weighted by molar-refractivity contribution is 5.93. The van der Waals surface area contributed by atoms with E-state index < -0.39 is 58.8 Å². The normalized spacial score (nSPS) is 11.0. The average molecular weight is 400 g/mol. The lowest BCUT2D eigenvalue weighted by molar-refractivity contribution is -0.384. The van der Waals surface area contributed by atoms with Crippen molar-refractivity contribution in [3.8, 4) is 0 Å². The number of carbonyl (C=O) groups is 2. The number of hydrogen-bond acceptors (Lipinski definition) is 5. The van der Waals surface area contributed by atoms with Crippen LogP contribution in [0.25, 0.3) is 0 Å². The Bertz CT molecular complexity index is 915. The van der Waals surface area contributed by atoms with E-state index in [4.69, 9.17) is 0 Å². The Morgan fingerprint density at radius 2 is 1.86 bits per heavy atom. The Morgan fingerprint density at radius 3 is 2.50 bits per heavy atom. The molecule has 148 valence electrons. The number of nitrogens with zero attached hydrogens (tertiary/aromatic N) is 1. The number of ether oxygens (including phenoxy) is 1. The molecule has 1 N–H and O–H groups in total. The van der Waals surface area contributed by atoms with Crippen molar-refractivity contribution < 1.29 is 36.8 Å². The fraction of sp³-hybridized carbons (Fsp3) is 0.176. The number of rotatable bonds is 6. The number of nitro groups is 1. The Kier molecular flexibility index (Phi) is 6.29. The first kappa shape index (κ1) is 20.8. The highest BCUT2D eigenvalue weighted by Crippen LogP contribution is 2.29. The monoisotopic (exact) mass is 400 g/mol. The summed E-state index contributed by atoms with van der Waals surface area (Å²) in [5.41, 5.74) is -1.84. The zero-order valence-corrected chi connectivity index (χ0v) is 14.0. The van der Waals surface area contributed by atoms with Crippen LogP contribution >= 0.6 is 0 Å². The van der Waals surface area contributed by atoms with Crippen LogP contribution in [0.3, 0.4) is 0 Å². The molecule has 0 unspecified atom stereocenters. The van der Waals surface area contributed by atoms with Crippen LogP contribution in [0.4, 0.5) is 28.9 Å². The summed E-state index contributed by atoms with van der Waals surface area (Å²) in [6, 6.07) is 6.51. The van der Waals surface area contributed by atoms with Crippen molar-refractivity contribution in [3.63, 3.8) is 0 Å². The number of nitro benzene ring substituents is 1. The van der Waals surface area contributed by atoms with Crippen molar-refractivity contribution in [2.45, 2.75) is 12.6 Å². The number of halogens is 4. The van der Waals surface area contributed by atoms with Gasteiger partial charge in [0.25, 0.3) is 11.6 Å². The number of amides is 1. The molecule has 0 radical (unpaired) electrons. The fourth-order valence-electron chi connectivity index (χ4n) is 2.13. The van der Waals surface area contributed by atoms with Gasteiger partial charge in [0, 0.05) is 12.1 Å². The SMILES string of the molecule is O=C(COC(=O)Cc1cccc(C(F)(F)F)c1)Nc1cc([N+](=O)[O-])ccc1F. The van der Waals surface area contributed by atoms with Gasteiger partial charge in [0.15, 0.2) is 6.61 Å². The number of hydrogen-bond donors (Lipinski definition) is 1. The van der Waals surface area contributed by atoms with Crippen LogP contribution in [0.2, 0.25) is 0 Å². The summed E-state index contributed by atoms with van der Waals surface area (Å²) >= 11 is 0. The largest absolute Gasteiger partial charge is 0.455 e. The van der Waals surface area contributed by atoms with Crippen LogP contribution in [-0.4, -0.2) is 23.4 Å². The minimum atomic E-state index is -4.57. The summed E-state index contributed by atoms with van der Waals surface area (Å²) in [5.74, 6) is -2.89. The number of nitrogens with one attached hydrogen (secondary N) is 1. The van der Waals surface area contributed by atoms with Crippen molar-refractivity contribution in [1.82, 2.24) is 0 Å². The van der Waals surface area contributed by atoms with E-state index in [1.54, 1.807) is 0 Å². The molecule has 28 heavy (non-hydrogen) atoms. The molecule has 0 aliphatic carbocycles. The fourth-order valence-corrected chi connectivity index (χ4v) is 2.13. The van der Waals surface area contributed by atoms with Gasteiger partial charge in [0.1, 0.15) is 5.82 Å². The molecule has 11 heteroatoms. The highest BCUT2D eigenvalue weighted by atomic mass is 19.4. The maximum absolute atomic E-state index is 13.6. The molecular formula is C17H12F4N2O5. The number of benzene rings is 2. The van der Waals surface area contributed by atoms with E-state index in [-0.39, 0.29) is 5.56 Å². The maximum Gasteiger partial charge on any atom is 0.416 e. The summed E-state index contributed by atoms with van der Waals surface area (Å²) in [4.78, 5) is 33.3. The van der Waals surface area contributed by atoms with E-state index in [1.807, 2.05) is 5.32 Å². The molecule has 0 aromatic heterocycles. The highest BCUT2D eigenvalue weighted by Gasteiger charge is 2.30. The van der Waals surface area contributed by atoms with Crippen molar-refractivity contribution in [3.05, 3.63) is 69.5 Å². The Morgan fingerprint density at radius 1 is 1.14 bits per heavy atom. The zero-order chi connectivity index (χ0) is 20.9. The molecule has 7 nitrogen and oxygen atoms in total. The number of alkyl halides is 3. The van der Waals surface area contributed by atoms with E-state index in [0.717, 1.165) is 36.4 Å². The van der Waals surface area contributed by atoms with Gasteiger partial charge in [0.2, 0.25) is 0 Å². The number of anilines is 1. The van der Waals surface area contributed by atoms with Gasteiger partial charge in [-0.25, -0.2) is 4.39 Å². The maximum atomic E-state index is 13.6. The molecule has 0 saturated heterocycles. The van der Waals surface area contributed by atoms with E-state index in [1.165, 1.54) is 6.07 Å². The van der Waals surface area contributed by atoms with Crippen molar-refractivity contribution in [1.29, 1.82) is 0 Å². The third kappa shape index (κ3) is 5.76. The molecule has 0 saturated carbocycles. The lowest BCUT2D eigenvalue weighted by atomic mass is 10.1. The van der Waals surface area contributed by atoms with Crippen LogP contribution in [0.15, 0.2) is 42.5 Å². The lowest BCUT2D eigenvalue weighted by Gasteiger charge is -2.09. The van der Waals surface area contributed by atoms with E-state index in [2.05, 4.69) is 4.74 Å². The van der Waals surface area contributed by atoms with Gasteiger partial charge < -0.3 is 10.1 Å². The molecule has 1 amide bonds.